The Morgan fingerprint density at radius 3 is 2.45 bits per heavy atom. The largest absolute Gasteiger partial charge is 0.480 e. The summed E-state index contributed by atoms with van der Waals surface area (Å²) in [5.74, 6) is -2.46. The second kappa shape index (κ2) is 10.2. The van der Waals surface area contributed by atoms with Gasteiger partial charge in [-0.3, -0.25) is 34.3 Å². The number of hydrogen-bond acceptors (Lipinski definition) is 6. The van der Waals surface area contributed by atoms with Crippen molar-refractivity contribution in [2.24, 2.45) is 5.73 Å². The average Bonchev–Trinajstić information content (AvgIpc) is 2.78. The van der Waals surface area contributed by atoms with Gasteiger partial charge in [-0.15, -0.1) is 0 Å². The number of carbonyl (C=O) groups is 3. The third kappa shape index (κ3) is 6.02. The first-order valence-electron chi connectivity index (χ1n) is 9.85. The Balaban J connectivity index is 1.68. The molecule has 3 aromatic rings. The predicted octanol–water partition coefficient (Wildman–Crippen LogP) is 0.260. The molecule has 0 aliphatic carbocycles. The van der Waals surface area contributed by atoms with Gasteiger partial charge in [-0.2, -0.15) is 0 Å². The minimum Gasteiger partial charge on any atom is -0.480 e. The van der Waals surface area contributed by atoms with Crippen molar-refractivity contribution in [1.29, 1.82) is 5.41 Å². The van der Waals surface area contributed by atoms with Crippen LogP contribution in [0.5, 0.6) is 0 Å². The summed E-state index contributed by atoms with van der Waals surface area (Å²) in [5.41, 5.74) is 6.15. The molecular weight excluding hydrogens is 428 g/mol. The summed E-state index contributed by atoms with van der Waals surface area (Å²) in [7, 11) is 0. The second-order valence-corrected chi connectivity index (χ2v) is 7.10. The van der Waals surface area contributed by atoms with Crippen LogP contribution < -0.4 is 27.2 Å². The number of benzene rings is 1. The number of carbonyl (C=O) groups excluding carboxylic acids is 2. The smallest absolute Gasteiger partial charge is 0.322 e. The summed E-state index contributed by atoms with van der Waals surface area (Å²) in [6.45, 7) is -0.526. The Kier molecular flexibility index (Phi) is 7.16. The number of amides is 1. The molecule has 33 heavy (non-hydrogen) atoms. The normalized spacial score (nSPS) is 11.5. The van der Waals surface area contributed by atoms with Crippen LogP contribution in [0.1, 0.15) is 20.7 Å². The number of guanidine groups is 1. The van der Waals surface area contributed by atoms with Crippen LogP contribution in [0.2, 0.25) is 0 Å². The SMILES string of the molecule is N=C(N)Nc1ccn2c(=O)cc(C(=O)NC[C@H](NCC(=O)c3ccccc3)C(=O)O)cc2c1. The van der Waals surface area contributed by atoms with Gasteiger partial charge in [-0.25, -0.2) is 0 Å². The zero-order valence-electron chi connectivity index (χ0n) is 17.4. The minimum absolute atomic E-state index is 0.0319. The van der Waals surface area contributed by atoms with Crippen LogP contribution in [0.15, 0.2) is 65.6 Å². The van der Waals surface area contributed by atoms with Crippen LogP contribution in [-0.4, -0.2) is 52.3 Å². The number of anilines is 1. The molecule has 1 atom stereocenters. The molecule has 0 aliphatic heterocycles. The molecule has 0 spiro atoms. The number of hydrogen-bond donors (Lipinski definition) is 6. The molecule has 2 aromatic heterocycles. The number of nitrogens with one attached hydrogen (secondary N) is 4. The number of ketones is 1. The van der Waals surface area contributed by atoms with E-state index in [9.17, 15) is 24.3 Å². The maximum atomic E-state index is 12.6. The van der Waals surface area contributed by atoms with Crippen molar-refractivity contribution in [3.05, 3.63) is 82.3 Å². The molecule has 0 saturated carbocycles. The average molecular weight is 450 g/mol. The standard InChI is InChI=1S/C22H22N6O5/c23-22(24)27-15-6-7-28-16(10-15)8-14(9-19(28)30)20(31)26-11-17(21(32)33)25-12-18(29)13-4-2-1-3-5-13/h1-10,17,25H,11-12H2,(H,26,31)(H,32,33)(H4,23,24,27)/t17-/m0/s1. The van der Waals surface area contributed by atoms with Crippen LogP contribution in [0.25, 0.3) is 5.52 Å². The molecule has 7 N–H and O–H groups in total. The van der Waals surface area contributed by atoms with Crippen molar-refractivity contribution >= 4 is 34.8 Å². The quantitative estimate of drug-likeness (QED) is 0.153. The molecular formula is C22H22N6O5. The number of aliphatic carboxylic acids is 1. The Morgan fingerprint density at radius 2 is 1.79 bits per heavy atom. The van der Waals surface area contributed by atoms with E-state index >= 15 is 0 Å². The highest BCUT2D eigenvalue weighted by molar-refractivity contribution is 5.98. The van der Waals surface area contributed by atoms with Crippen LogP contribution in [0.4, 0.5) is 5.69 Å². The number of pyridine rings is 2. The molecule has 1 amide bonds. The van der Waals surface area contributed by atoms with Crippen molar-refractivity contribution in [1.82, 2.24) is 15.0 Å². The molecule has 0 saturated heterocycles. The number of nitrogens with zero attached hydrogens (tertiary/aromatic N) is 1. The number of carboxylic acid groups (broad SMARTS) is 1. The third-order valence-electron chi connectivity index (χ3n) is 4.72. The number of rotatable bonds is 9. The molecule has 3 rings (SSSR count). The monoisotopic (exact) mass is 450 g/mol. The van der Waals surface area contributed by atoms with E-state index in [-0.39, 0.29) is 30.4 Å². The maximum Gasteiger partial charge on any atom is 0.322 e. The van der Waals surface area contributed by atoms with Gasteiger partial charge < -0.3 is 21.5 Å². The molecule has 1 aromatic carbocycles. The molecule has 11 nitrogen and oxygen atoms in total. The summed E-state index contributed by atoms with van der Waals surface area (Å²) in [6.07, 6.45) is 1.47. The van der Waals surface area contributed by atoms with Crippen LogP contribution in [0, 0.1) is 5.41 Å². The predicted molar refractivity (Wildman–Crippen MR) is 122 cm³/mol. The van der Waals surface area contributed by atoms with Gasteiger partial charge in [0.1, 0.15) is 6.04 Å². The zero-order chi connectivity index (χ0) is 24.0. The zero-order valence-corrected chi connectivity index (χ0v) is 17.4. The van der Waals surface area contributed by atoms with Crippen LogP contribution in [0.3, 0.4) is 0 Å². The maximum absolute atomic E-state index is 12.6. The van der Waals surface area contributed by atoms with Gasteiger partial charge in [0.25, 0.3) is 11.5 Å². The van der Waals surface area contributed by atoms with Crippen molar-refractivity contribution in [2.75, 3.05) is 18.4 Å². The van der Waals surface area contributed by atoms with Crippen molar-refractivity contribution in [3.63, 3.8) is 0 Å². The molecule has 0 aliphatic rings. The van der Waals surface area contributed by atoms with E-state index in [1.54, 1.807) is 36.4 Å². The number of fused-ring (bicyclic) bond motifs is 1. The summed E-state index contributed by atoms with van der Waals surface area (Å²) in [5, 5.41) is 24.4. The van der Waals surface area contributed by atoms with Gasteiger partial charge in [-0.1, -0.05) is 30.3 Å². The molecule has 0 unspecified atom stereocenters. The summed E-state index contributed by atoms with van der Waals surface area (Å²) < 4.78 is 1.30. The van der Waals surface area contributed by atoms with Crippen molar-refractivity contribution in [2.45, 2.75) is 6.04 Å². The second-order valence-electron chi connectivity index (χ2n) is 7.10. The molecule has 0 bridgehead atoms. The van der Waals surface area contributed by atoms with Gasteiger partial charge in [0, 0.05) is 35.6 Å². The van der Waals surface area contributed by atoms with Crippen LogP contribution in [-0.2, 0) is 4.79 Å². The topological polar surface area (TPSA) is 179 Å². The lowest BCUT2D eigenvalue weighted by Gasteiger charge is -2.15. The first kappa shape index (κ1) is 23.2. The Bertz CT molecular complexity index is 1270. The number of nitrogens with two attached hydrogens (primary N) is 1. The van der Waals surface area contributed by atoms with E-state index in [1.165, 1.54) is 22.7 Å². The minimum atomic E-state index is -1.24. The number of Topliss-reactive ketones (excluding diaryl/α,β-unsaturated/α-hetero) is 1. The molecule has 170 valence electrons. The number of carboxylic acids is 1. The fourth-order valence-corrected chi connectivity index (χ4v) is 3.08. The van der Waals surface area contributed by atoms with E-state index < -0.39 is 23.5 Å². The molecule has 0 fully saturated rings. The van der Waals surface area contributed by atoms with E-state index in [2.05, 4.69) is 16.0 Å². The van der Waals surface area contributed by atoms with Crippen molar-refractivity contribution < 1.29 is 19.5 Å². The van der Waals surface area contributed by atoms with Gasteiger partial charge in [-0.05, 0) is 18.2 Å². The lowest BCUT2D eigenvalue weighted by Crippen LogP contribution is -2.47. The molecule has 11 heteroatoms. The first-order valence-corrected chi connectivity index (χ1v) is 9.85. The number of aromatic nitrogens is 1. The summed E-state index contributed by atoms with van der Waals surface area (Å²) >= 11 is 0. The fourth-order valence-electron chi connectivity index (χ4n) is 3.08. The highest BCUT2D eigenvalue weighted by Crippen LogP contribution is 2.12. The van der Waals surface area contributed by atoms with Gasteiger partial charge in [0.05, 0.1) is 12.1 Å². The molecule has 2 heterocycles. The highest BCUT2D eigenvalue weighted by atomic mass is 16.4. The Morgan fingerprint density at radius 1 is 1.06 bits per heavy atom. The highest BCUT2D eigenvalue weighted by Gasteiger charge is 2.20. The van der Waals surface area contributed by atoms with Crippen molar-refractivity contribution in [3.8, 4) is 0 Å². The van der Waals surface area contributed by atoms with E-state index in [0.29, 0.717) is 16.8 Å². The lowest BCUT2D eigenvalue weighted by molar-refractivity contribution is -0.139. The molecule has 0 radical (unpaired) electrons. The summed E-state index contributed by atoms with van der Waals surface area (Å²) in [4.78, 5) is 48.6. The van der Waals surface area contributed by atoms with Gasteiger partial charge in [0.15, 0.2) is 11.7 Å². The van der Waals surface area contributed by atoms with Gasteiger partial charge >= 0.3 is 5.97 Å². The fraction of sp³-hybridized carbons (Fsp3) is 0.136. The Hall–Kier alpha value is -4.51. The van der Waals surface area contributed by atoms with Gasteiger partial charge in [0.2, 0.25) is 0 Å². The first-order chi connectivity index (χ1) is 15.7. The van der Waals surface area contributed by atoms with E-state index in [1.807, 2.05) is 0 Å². The van der Waals surface area contributed by atoms with E-state index in [4.69, 9.17) is 11.1 Å². The Labute approximate surface area is 187 Å². The van der Waals surface area contributed by atoms with Crippen LogP contribution >= 0.6 is 0 Å². The van der Waals surface area contributed by atoms with E-state index in [0.717, 1.165) is 6.07 Å². The summed E-state index contributed by atoms with van der Waals surface area (Å²) in [6, 6.07) is 12.9. The third-order valence-corrected chi connectivity index (χ3v) is 4.72. The lowest BCUT2D eigenvalue weighted by atomic mass is 10.1.